The number of anilines is 2. The van der Waals surface area contributed by atoms with Gasteiger partial charge in [-0.05, 0) is 49.1 Å². The quantitative estimate of drug-likeness (QED) is 0.915. The van der Waals surface area contributed by atoms with E-state index in [0.29, 0.717) is 5.69 Å². The summed E-state index contributed by atoms with van der Waals surface area (Å²) in [6.07, 6.45) is 2.05. The fourth-order valence-corrected chi connectivity index (χ4v) is 3.76. The average molecular weight is 302 g/mol. The van der Waals surface area contributed by atoms with Crippen LogP contribution in [0.4, 0.5) is 11.4 Å². The molecule has 2 N–H and O–H groups in total. The van der Waals surface area contributed by atoms with E-state index in [1.165, 1.54) is 0 Å². The summed E-state index contributed by atoms with van der Waals surface area (Å²) >= 11 is 0. The van der Waals surface area contributed by atoms with E-state index in [9.17, 15) is 8.42 Å². The lowest BCUT2D eigenvalue weighted by Crippen LogP contribution is -2.18. The molecule has 2 aromatic rings. The normalized spacial score (nSPS) is 14.1. The number of hydrogen-bond donors (Lipinski definition) is 2. The first-order valence-corrected chi connectivity index (χ1v) is 8.50. The van der Waals surface area contributed by atoms with E-state index in [2.05, 4.69) is 10.0 Å². The summed E-state index contributed by atoms with van der Waals surface area (Å²) in [5, 5.41) is 3.29. The van der Waals surface area contributed by atoms with E-state index in [4.69, 9.17) is 0 Å². The van der Waals surface area contributed by atoms with Crippen molar-refractivity contribution >= 4 is 21.4 Å². The molecule has 1 heterocycles. The van der Waals surface area contributed by atoms with E-state index in [-0.39, 0.29) is 4.90 Å². The van der Waals surface area contributed by atoms with Gasteiger partial charge in [0.25, 0.3) is 10.0 Å². The van der Waals surface area contributed by atoms with Gasteiger partial charge in [0.1, 0.15) is 0 Å². The van der Waals surface area contributed by atoms with Crippen molar-refractivity contribution in [1.29, 1.82) is 0 Å². The number of sulfonamides is 1. The second kappa shape index (κ2) is 5.41. The topological polar surface area (TPSA) is 58.2 Å². The minimum Gasteiger partial charge on any atom is -0.383 e. The molecule has 0 atom stereocenters. The predicted molar refractivity (Wildman–Crippen MR) is 85.2 cm³/mol. The molecule has 1 aliphatic rings. The summed E-state index contributed by atoms with van der Waals surface area (Å²) < 4.78 is 27.7. The van der Waals surface area contributed by atoms with E-state index < -0.39 is 10.0 Å². The minimum atomic E-state index is -3.56. The SMILES string of the molecule is Cc1cccc(S(=O)(=O)Nc2cccc3c2NCCC3)c1. The zero-order valence-corrected chi connectivity index (χ0v) is 12.7. The molecule has 21 heavy (non-hydrogen) atoms. The molecule has 0 bridgehead atoms. The molecule has 0 saturated carbocycles. The maximum absolute atomic E-state index is 12.5. The highest BCUT2D eigenvalue weighted by Gasteiger charge is 2.18. The summed E-state index contributed by atoms with van der Waals surface area (Å²) in [6, 6.07) is 12.6. The van der Waals surface area contributed by atoms with E-state index in [1.54, 1.807) is 24.3 Å². The van der Waals surface area contributed by atoms with Gasteiger partial charge in [-0.2, -0.15) is 0 Å². The van der Waals surface area contributed by atoms with Gasteiger partial charge in [0.05, 0.1) is 16.3 Å². The first-order valence-electron chi connectivity index (χ1n) is 7.01. The third kappa shape index (κ3) is 2.88. The molecular formula is C16H18N2O2S. The van der Waals surface area contributed by atoms with Crippen LogP contribution in [0.25, 0.3) is 0 Å². The van der Waals surface area contributed by atoms with Crippen molar-refractivity contribution in [2.75, 3.05) is 16.6 Å². The van der Waals surface area contributed by atoms with Crippen LogP contribution in [0.2, 0.25) is 0 Å². The third-order valence-corrected chi connectivity index (χ3v) is 4.98. The van der Waals surface area contributed by atoms with Gasteiger partial charge >= 0.3 is 0 Å². The zero-order chi connectivity index (χ0) is 14.9. The standard InChI is InChI=1S/C16H18N2O2S/c1-12-5-2-8-14(11-12)21(19,20)18-15-9-3-6-13-7-4-10-17-16(13)15/h2-3,5-6,8-9,11,17-18H,4,7,10H2,1H3. The minimum absolute atomic E-state index is 0.288. The molecule has 1 aliphatic heterocycles. The molecule has 3 rings (SSSR count). The Labute approximate surface area is 125 Å². The van der Waals surface area contributed by atoms with Gasteiger partial charge in [0, 0.05) is 6.54 Å². The Morgan fingerprint density at radius 1 is 1.14 bits per heavy atom. The fourth-order valence-electron chi connectivity index (χ4n) is 2.58. The van der Waals surface area contributed by atoms with Crippen molar-refractivity contribution in [2.24, 2.45) is 0 Å². The van der Waals surface area contributed by atoms with E-state index >= 15 is 0 Å². The van der Waals surface area contributed by atoms with E-state index in [0.717, 1.165) is 36.2 Å². The van der Waals surface area contributed by atoms with Crippen LogP contribution in [-0.2, 0) is 16.4 Å². The van der Waals surface area contributed by atoms with Crippen molar-refractivity contribution in [3.8, 4) is 0 Å². The molecule has 0 aromatic heterocycles. The Morgan fingerprint density at radius 3 is 2.76 bits per heavy atom. The Kier molecular flexibility index (Phi) is 3.59. The molecule has 110 valence electrons. The van der Waals surface area contributed by atoms with Crippen LogP contribution in [0.5, 0.6) is 0 Å². The molecule has 0 unspecified atom stereocenters. The number of rotatable bonds is 3. The predicted octanol–water partition coefficient (Wildman–Crippen LogP) is 3.15. The highest BCUT2D eigenvalue weighted by atomic mass is 32.2. The molecule has 2 aromatic carbocycles. The van der Waals surface area contributed by atoms with Crippen molar-refractivity contribution in [2.45, 2.75) is 24.7 Å². The van der Waals surface area contributed by atoms with Gasteiger partial charge in [-0.15, -0.1) is 0 Å². The Hall–Kier alpha value is -2.01. The second-order valence-corrected chi connectivity index (χ2v) is 6.97. The Balaban J connectivity index is 1.96. The first kappa shape index (κ1) is 13.9. The summed E-state index contributed by atoms with van der Waals surface area (Å²) in [5.41, 5.74) is 3.60. The molecule has 4 nitrogen and oxygen atoms in total. The monoisotopic (exact) mass is 302 g/mol. The van der Waals surface area contributed by atoms with Crippen molar-refractivity contribution in [3.63, 3.8) is 0 Å². The number of aryl methyl sites for hydroxylation is 2. The van der Waals surface area contributed by atoms with Gasteiger partial charge in [0.15, 0.2) is 0 Å². The van der Waals surface area contributed by atoms with Crippen LogP contribution in [0.15, 0.2) is 47.4 Å². The number of fused-ring (bicyclic) bond motifs is 1. The van der Waals surface area contributed by atoms with Crippen molar-refractivity contribution < 1.29 is 8.42 Å². The van der Waals surface area contributed by atoms with Gasteiger partial charge < -0.3 is 5.32 Å². The van der Waals surface area contributed by atoms with Crippen molar-refractivity contribution in [3.05, 3.63) is 53.6 Å². The third-order valence-electron chi connectivity index (χ3n) is 3.62. The van der Waals surface area contributed by atoms with Gasteiger partial charge in [-0.3, -0.25) is 4.72 Å². The fraction of sp³-hybridized carbons (Fsp3) is 0.250. The lowest BCUT2D eigenvalue weighted by molar-refractivity contribution is 0.601. The van der Waals surface area contributed by atoms with Crippen LogP contribution in [0.1, 0.15) is 17.5 Å². The highest BCUT2D eigenvalue weighted by Crippen LogP contribution is 2.31. The lowest BCUT2D eigenvalue weighted by Gasteiger charge is -2.21. The second-order valence-electron chi connectivity index (χ2n) is 5.29. The van der Waals surface area contributed by atoms with Crippen LogP contribution >= 0.6 is 0 Å². The molecule has 0 aliphatic carbocycles. The van der Waals surface area contributed by atoms with Crippen molar-refractivity contribution in [1.82, 2.24) is 0 Å². The number of benzene rings is 2. The molecule has 0 amide bonds. The van der Waals surface area contributed by atoms with Crippen LogP contribution in [-0.4, -0.2) is 15.0 Å². The van der Waals surface area contributed by atoms with Crippen LogP contribution in [0, 0.1) is 6.92 Å². The van der Waals surface area contributed by atoms with Gasteiger partial charge in [-0.25, -0.2) is 8.42 Å². The first-order chi connectivity index (χ1) is 10.1. The molecule has 0 spiro atoms. The van der Waals surface area contributed by atoms with Gasteiger partial charge in [0.2, 0.25) is 0 Å². The van der Waals surface area contributed by atoms with Crippen LogP contribution < -0.4 is 10.0 Å². The summed E-state index contributed by atoms with van der Waals surface area (Å²) in [7, 11) is -3.56. The summed E-state index contributed by atoms with van der Waals surface area (Å²) in [6.45, 7) is 2.75. The molecule has 0 saturated heterocycles. The number of hydrogen-bond acceptors (Lipinski definition) is 3. The Bertz CT molecular complexity index is 770. The zero-order valence-electron chi connectivity index (χ0n) is 11.9. The lowest BCUT2D eigenvalue weighted by atomic mass is 10.0. The number of nitrogens with one attached hydrogen (secondary N) is 2. The molecular weight excluding hydrogens is 284 g/mol. The van der Waals surface area contributed by atoms with Crippen LogP contribution in [0.3, 0.4) is 0 Å². The van der Waals surface area contributed by atoms with E-state index in [1.807, 2.05) is 25.1 Å². The highest BCUT2D eigenvalue weighted by molar-refractivity contribution is 7.92. The maximum atomic E-state index is 12.5. The summed E-state index contributed by atoms with van der Waals surface area (Å²) in [4.78, 5) is 0.288. The molecule has 0 radical (unpaired) electrons. The average Bonchev–Trinajstić information content (AvgIpc) is 2.47. The van der Waals surface area contributed by atoms with Gasteiger partial charge in [-0.1, -0.05) is 24.3 Å². The molecule has 5 heteroatoms. The largest absolute Gasteiger partial charge is 0.383 e. The molecule has 0 fully saturated rings. The Morgan fingerprint density at radius 2 is 1.95 bits per heavy atom. The smallest absolute Gasteiger partial charge is 0.261 e. The maximum Gasteiger partial charge on any atom is 0.261 e. The summed E-state index contributed by atoms with van der Waals surface area (Å²) in [5.74, 6) is 0. The number of para-hydroxylation sites is 1.